The van der Waals surface area contributed by atoms with Gasteiger partial charge in [0, 0.05) is 38.8 Å². The number of likely N-dealkylation sites (N-methyl/N-ethyl adjacent to an activating group) is 1. The third-order valence-corrected chi connectivity index (χ3v) is 6.11. The van der Waals surface area contributed by atoms with Gasteiger partial charge >= 0.3 is 5.97 Å². The summed E-state index contributed by atoms with van der Waals surface area (Å²) in [5.41, 5.74) is 4.24. The fourth-order valence-electron chi connectivity index (χ4n) is 3.73. The van der Waals surface area contributed by atoms with Crippen LogP contribution in [-0.2, 0) is 11.2 Å². The van der Waals surface area contributed by atoms with E-state index in [9.17, 15) is 4.79 Å². The molecule has 0 saturated heterocycles. The van der Waals surface area contributed by atoms with Gasteiger partial charge in [0.1, 0.15) is 6.10 Å². The van der Waals surface area contributed by atoms with E-state index in [-0.39, 0.29) is 5.97 Å². The normalized spacial score (nSPS) is 12.5. The molecule has 30 heavy (non-hydrogen) atoms. The lowest BCUT2D eigenvalue weighted by Gasteiger charge is -2.17. The molecule has 0 saturated carbocycles. The van der Waals surface area contributed by atoms with Gasteiger partial charge in [-0.05, 0) is 63.2 Å². The molecule has 3 rings (SSSR count). The number of hydrogen-bond donors (Lipinski definition) is 1. The van der Waals surface area contributed by atoms with Crippen LogP contribution in [0.25, 0.3) is 10.9 Å². The predicted molar refractivity (Wildman–Crippen MR) is 125 cm³/mol. The van der Waals surface area contributed by atoms with Crippen molar-refractivity contribution >= 4 is 40.1 Å². The third kappa shape index (κ3) is 5.00. The van der Waals surface area contributed by atoms with E-state index < -0.39 is 6.10 Å². The minimum Gasteiger partial charge on any atom is -0.454 e. The van der Waals surface area contributed by atoms with Gasteiger partial charge in [-0.15, -0.1) is 0 Å². The molecule has 1 aromatic heterocycles. The largest absolute Gasteiger partial charge is 0.454 e. The summed E-state index contributed by atoms with van der Waals surface area (Å²) in [5.74, 6) is -0.363. The molecule has 160 valence electrons. The maximum Gasteiger partial charge on any atom is 0.341 e. The Morgan fingerprint density at radius 1 is 1.13 bits per heavy atom. The molecule has 0 aliphatic carbocycles. The summed E-state index contributed by atoms with van der Waals surface area (Å²) in [6.45, 7) is 11.1. The average Bonchev–Trinajstić information content (AvgIpc) is 3.03. The second-order valence-electron chi connectivity index (χ2n) is 7.50. The second kappa shape index (κ2) is 9.86. The summed E-state index contributed by atoms with van der Waals surface area (Å²) in [7, 11) is 0. The SMILES string of the molecule is CCN(CC)CCc1ccc2[nH]c(C)c(C(=O)OC(C)c3ccc(Cl)cc3Cl)c2c1. The molecule has 0 fully saturated rings. The molecule has 0 aliphatic rings. The predicted octanol–water partition coefficient (Wildman–Crippen LogP) is 6.59. The molecular formula is C24H28Cl2N2O2. The van der Waals surface area contributed by atoms with Crippen molar-refractivity contribution < 1.29 is 9.53 Å². The fraction of sp³-hybridized carbons (Fsp3) is 0.375. The number of hydrogen-bond acceptors (Lipinski definition) is 3. The van der Waals surface area contributed by atoms with Crippen LogP contribution in [0.2, 0.25) is 10.0 Å². The number of nitrogens with zero attached hydrogens (tertiary/aromatic N) is 1. The third-order valence-electron chi connectivity index (χ3n) is 5.55. The van der Waals surface area contributed by atoms with Crippen molar-refractivity contribution in [2.24, 2.45) is 0 Å². The van der Waals surface area contributed by atoms with Gasteiger partial charge in [-0.2, -0.15) is 0 Å². The topological polar surface area (TPSA) is 45.3 Å². The monoisotopic (exact) mass is 446 g/mol. The maximum absolute atomic E-state index is 13.1. The Hall–Kier alpha value is -2.01. The zero-order valence-electron chi connectivity index (χ0n) is 17.9. The first-order chi connectivity index (χ1) is 14.3. The summed E-state index contributed by atoms with van der Waals surface area (Å²) >= 11 is 12.3. The molecule has 0 radical (unpaired) electrons. The highest BCUT2D eigenvalue weighted by molar-refractivity contribution is 6.35. The molecule has 0 amide bonds. The van der Waals surface area contributed by atoms with Gasteiger partial charge in [0.05, 0.1) is 5.56 Å². The van der Waals surface area contributed by atoms with Gasteiger partial charge < -0.3 is 14.6 Å². The van der Waals surface area contributed by atoms with E-state index in [0.29, 0.717) is 15.6 Å². The van der Waals surface area contributed by atoms with Crippen molar-refractivity contribution in [2.45, 2.75) is 40.2 Å². The van der Waals surface area contributed by atoms with E-state index in [1.807, 2.05) is 19.9 Å². The molecule has 0 aliphatic heterocycles. The number of benzene rings is 2. The van der Waals surface area contributed by atoms with Crippen molar-refractivity contribution in [2.75, 3.05) is 19.6 Å². The number of aryl methyl sites for hydroxylation is 1. The van der Waals surface area contributed by atoms with Crippen LogP contribution in [0, 0.1) is 6.92 Å². The Bertz CT molecular complexity index is 1040. The number of esters is 1. The Balaban J connectivity index is 1.84. The van der Waals surface area contributed by atoms with Crippen molar-refractivity contribution in [1.82, 2.24) is 9.88 Å². The molecule has 4 nitrogen and oxygen atoms in total. The number of H-pyrrole nitrogens is 1. The molecule has 1 N–H and O–H groups in total. The highest BCUT2D eigenvalue weighted by Gasteiger charge is 2.22. The molecule has 0 bridgehead atoms. The van der Waals surface area contributed by atoms with Gasteiger partial charge in [-0.25, -0.2) is 4.79 Å². The number of rotatable bonds is 8. The van der Waals surface area contributed by atoms with E-state index >= 15 is 0 Å². The minimum atomic E-state index is -0.488. The molecule has 1 unspecified atom stereocenters. The zero-order chi connectivity index (χ0) is 21.8. The van der Waals surface area contributed by atoms with Gasteiger partial charge in [-0.1, -0.05) is 49.2 Å². The number of aromatic amines is 1. The Kier molecular flexibility index (Phi) is 7.45. The Morgan fingerprint density at radius 3 is 2.53 bits per heavy atom. The molecule has 2 aromatic carbocycles. The van der Waals surface area contributed by atoms with Crippen LogP contribution in [0.3, 0.4) is 0 Å². The van der Waals surface area contributed by atoms with Gasteiger partial charge in [0.2, 0.25) is 0 Å². The highest BCUT2D eigenvalue weighted by atomic mass is 35.5. The minimum absolute atomic E-state index is 0.363. The molecule has 3 aromatic rings. The van der Waals surface area contributed by atoms with E-state index in [4.69, 9.17) is 27.9 Å². The summed E-state index contributed by atoms with van der Waals surface area (Å²) in [6, 6.07) is 11.4. The second-order valence-corrected chi connectivity index (χ2v) is 8.34. The molecule has 0 spiro atoms. The first-order valence-corrected chi connectivity index (χ1v) is 11.1. The maximum atomic E-state index is 13.1. The van der Waals surface area contributed by atoms with E-state index in [1.54, 1.807) is 18.2 Å². The van der Waals surface area contributed by atoms with Crippen LogP contribution in [0.5, 0.6) is 0 Å². The van der Waals surface area contributed by atoms with E-state index in [0.717, 1.165) is 48.2 Å². The number of halogens is 2. The van der Waals surface area contributed by atoms with Crippen molar-refractivity contribution in [3.63, 3.8) is 0 Å². The van der Waals surface area contributed by atoms with Crippen molar-refractivity contribution in [3.8, 4) is 0 Å². The van der Waals surface area contributed by atoms with E-state index in [2.05, 4.69) is 35.9 Å². The molecule has 6 heteroatoms. The molecule has 1 heterocycles. The van der Waals surface area contributed by atoms with Crippen LogP contribution >= 0.6 is 23.2 Å². The number of fused-ring (bicyclic) bond motifs is 1. The van der Waals surface area contributed by atoms with Crippen LogP contribution in [0.4, 0.5) is 0 Å². The zero-order valence-corrected chi connectivity index (χ0v) is 19.4. The highest BCUT2D eigenvalue weighted by Crippen LogP contribution is 2.31. The lowest BCUT2D eigenvalue weighted by molar-refractivity contribution is 0.0340. The van der Waals surface area contributed by atoms with Crippen LogP contribution < -0.4 is 0 Å². The number of ether oxygens (including phenoxy) is 1. The lowest BCUT2D eigenvalue weighted by Crippen LogP contribution is -2.25. The number of carbonyl (C=O) groups excluding carboxylic acids is 1. The number of carbonyl (C=O) groups is 1. The summed E-state index contributed by atoms with van der Waals surface area (Å²) in [5, 5.41) is 1.92. The summed E-state index contributed by atoms with van der Waals surface area (Å²) in [4.78, 5) is 18.7. The van der Waals surface area contributed by atoms with E-state index in [1.165, 1.54) is 5.56 Å². The molecular weight excluding hydrogens is 419 g/mol. The lowest BCUT2D eigenvalue weighted by atomic mass is 10.1. The van der Waals surface area contributed by atoms with Gasteiger partial charge in [0.25, 0.3) is 0 Å². The summed E-state index contributed by atoms with van der Waals surface area (Å²) in [6.07, 6.45) is 0.449. The van der Waals surface area contributed by atoms with Crippen LogP contribution in [-0.4, -0.2) is 35.5 Å². The van der Waals surface area contributed by atoms with Crippen molar-refractivity contribution in [3.05, 3.63) is 68.8 Å². The van der Waals surface area contributed by atoms with Crippen LogP contribution in [0.15, 0.2) is 36.4 Å². The molecule has 1 atom stereocenters. The smallest absolute Gasteiger partial charge is 0.341 e. The average molecular weight is 447 g/mol. The first-order valence-electron chi connectivity index (χ1n) is 10.3. The first kappa shape index (κ1) is 22.7. The Morgan fingerprint density at radius 2 is 1.87 bits per heavy atom. The fourth-order valence-corrected chi connectivity index (χ4v) is 4.30. The van der Waals surface area contributed by atoms with Crippen LogP contribution in [0.1, 0.15) is 54.1 Å². The summed E-state index contributed by atoms with van der Waals surface area (Å²) < 4.78 is 5.77. The standard InChI is InChI=1S/C24H28Cl2N2O2/c1-5-28(6-2)12-11-17-7-10-22-20(13-17)23(15(3)27-22)24(29)30-16(4)19-9-8-18(25)14-21(19)26/h7-10,13-14,16,27H,5-6,11-12H2,1-4H3. The van der Waals surface area contributed by atoms with Gasteiger partial charge in [-0.3, -0.25) is 0 Å². The number of aromatic nitrogens is 1. The number of nitrogens with one attached hydrogen (secondary N) is 1. The Labute approximate surface area is 188 Å². The van der Waals surface area contributed by atoms with Gasteiger partial charge in [0.15, 0.2) is 0 Å². The quantitative estimate of drug-likeness (QED) is 0.397. The van der Waals surface area contributed by atoms with Crippen molar-refractivity contribution in [1.29, 1.82) is 0 Å².